The third-order valence-corrected chi connectivity index (χ3v) is 12.8. The van der Waals surface area contributed by atoms with E-state index in [0.717, 1.165) is 34.6 Å². The van der Waals surface area contributed by atoms with E-state index in [0.29, 0.717) is 11.6 Å². The van der Waals surface area contributed by atoms with E-state index in [-0.39, 0.29) is 5.75 Å². The Hall–Kier alpha value is -1.79. The molecule has 0 aliphatic rings. The number of rotatable bonds is 9. The van der Waals surface area contributed by atoms with E-state index in [4.69, 9.17) is 8.23 Å². The van der Waals surface area contributed by atoms with Gasteiger partial charge < -0.3 is 13.3 Å². The molecule has 0 saturated heterocycles. The van der Waals surface area contributed by atoms with Crippen molar-refractivity contribution in [3.05, 3.63) is 47.5 Å². The molecule has 0 aliphatic carbocycles. The molecule has 1 atom stereocenters. The van der Waals surface area contributed by atoms with Gasteiger partial charge in [0.1, 0.15) is 22.5 Å². The first kappa shape index (κ1) is 22.9. The molecule has 0 spiro atoms. The molecule has 6 nitrogen and oxygen atoms in total. The maximum Gasteiger partial charge on any atom is 0.300 e. The minimum atomic E-state index is -1.66. The Morgan fingerprint density at radius 1 is 1.00 bits per heavy atom. The lowest BCUT2D eigenvalue weighted by molar-refractivity contribution is 0.415. The van der Waals surface area contributed by atoms with Gasteiger partial charge in [0.25, 0.3) is 0 Å². The number of aryl methyl sites for hydroxylation is 1. The second-order valence-corrected chi connectivity index (χ2v) is 16.3. The number of aromatic hydroxyl groups is 1. The van der Waals surface area contributed by atoms with E-state index in [2.05, 4.69) is 49.4 Å². The van der Waals surface area contributed by atoms with Crippen molar-refractivity contribution in [2.75, 3.05) is 0 Å². The van der Waals surface area contributed by atoms with Crippen LogP contribution in [-0.4, -0.2) is 47.5 Å². The fourth-order valence-electron chi connectivity index (χ4n) is 3.65. The van der Waals surface area contributed by atoms with Crippen LogP contribution in [-0.2, 0) is 14.7 Å². The molecule has 1 aromatic heterocycles. The third kappa shape index (κ3) is 5.88. The lowest BCUT2D eigenvalue weighted by atomic mass is 9.99. The van der Waals surface area contributed by atoms with Crippen molar-refractivity contribution in [1.82, 2.24) is 15.0 Å². The molecule has 162 valence electrons. The Morgan fingerprint density at radius 2 is 1.57 bits per heavy atom. The van der Waals surface area contributed by atoms with Crippen molar-refractivity contribution in [3.8, 4) is 11.4 Å². The van der Waals surface area contributed by atoms with Gasteiger partial charge in [0.05, 0.1) is 0 Å². The van der Waals surface area contributed by atoms with Crippen LogP contribution in [0.15, 0.2) is 36.4 Å². The van der Waals surface area contributed by atoms with Crippen LogP contribution >= 0.6 is 0 Å². The summed E-state index contributed by atoms with van der Waals surface area (Å²) < 4.78 is 12.5. The number of benzene rings is 2. The van der Waals surface area contributed by atoms with E-state index in [9.17, 15) is 5.11 Å². The molecule has 1 unspecified atom stereocenters. The van der Waals surface area contributed by atoms with E-state index >= 15 is 0 Å². The minimum absolute atomic E-state index is 0.254. The minimum Gasteiger partial charge on any atom is -0.505 e. The normalized spacial score (nSPS) is 13.1. The molecule has 30 heavy (non-hydrogen) atoms. The maximum absolute atomic E-state index is 11.0. The summed E-state index contributed by atoms with van der Waals surface area (Å²) in [7, 11) is -3.90. The highest BCUT2D eigenvalue weighted by Gasteiger charge is 2.22. The smallest absolute Gasteiger partial charge is 0.300 e. The van der Waals surface area contributed by atoms with Crippen molar-refractivity contribution >= 4 is 38.4 Å². The number of phenolic OH excluding ortho intramolecular Hbond substituents is 1. The number of hydrogen-bond donors (Lipinski definition) is 1. The Morgan fingerprint density at radius 3 is 2.10 bits per heavy atom. The van der Waals surface area contributed by atoms with Crippen molar-refractivity contribution in [1.29, 1.82) is 0 Å². The Kier molecular flexibility index (Phi) is 7.64. The fraction of sp³-hybridized carbons (Fsp3) is 0.429. The zero-order valence-electron chi connectivity index (χ0n) is 18.8. The Balaban J connectivity index is 1.82. The summed E-state index contributed by atoms with van der Waals surface area (Å²) >= 11 is 0. The molecule has 0 bridgehead atoms. The van der Waals surface area contributed by atoms with Gasteiger partial charge >= 0.3 is 9.28 Å². The first-order chi connectivity index (χ1) is 14.2. The first-order valence-electron chi connectivity index (χ1n) is 10.7. The van der Waals surface area contributed by atoms with Crippen LogP contribution in [0.1, 0.15) is 18.1 Å². The van der Waals surface area contributed by atoms with Crippen LogP contribution in [0.5, 0.6) is 5.75 Å². The largest absolute Gasteiger partial charge is 0.505 e. The van der Waals surface area contributed by atoms with Crippen molar-refractivity contribution < 1.29 is 13.3 Å². The van der Waals surface area contributed by atoms with Crippen molar-refractivity contribution in [2.24, 2.45) is 5.92 Å². The molecule has 0 radical (unpaired) electrons. The number of fused-ring (bicyclic) bond motifs is 1. The highest BCUT2D eigenvalue weighted by atomic mass is 28.4. The molecule has 0 aliphatic heterocycles. The van der Waals surface area contributed by atoms with Crippen LogP contribution in [0.25, 0.3) is 16.7 Å². The average Bonchev–Trinajstić information content (AvgIpc) is 3.07. The van der Waals surface area contributed by atoms with E-state index < -0.39 is 27.4 Å². The zero-order valence-corrected chi connectivity index (χ0v) is 22.3. The monoisotopic (exact) mass is 459 g/mol. The quantitative estimate of drug-likeness (QED) is 0.493. The molecular weight excluding hydrogens is 427 g/mol. The average molecular weight is 460 g/mol. The molecular formula is C21H33N3O3Si3. The summed E-state index contributed by atoms with van der Waals surface area (Å²) in [6, 6.07) is 12.7. The molecule has 0 saturated carbocycles. The van der Waals surface area contributed by atoms with Gasteiger partial charge in [-0.25, -0.2) is 0 Å². The van der Waals surface area contributed by atoms with Gasteiger partial charge in [-0.1, -0.05) is 25.1 Å². The highest BCUT2D eigenvalue weighted by molar-refractivity contribution is 6.67. The number of phenols is 1. The van der Waals surface area contributed by atoms with Gasteiger partial charge in [-0.3, -0.25) is 0 Å². The van der Waals surface area contributed by atoms with E-state index in [1.165, 1.54) is 0 Å². The van der Waals surface area contributed by atoms with Gasteiger partial charge in [0, 0.05) is 0 Å². The number of nitrogens with zero attached hydrogens (tertiary/aromatic N) is 3. The van der Waals surface area contributed by atoms with E-state index in [1.807, 2.05) is 37.3 Å². The number of hydrogen-bond acceptors (Lipinski definition) is 5. The predicted molar refractivity (Wildman–Crippen MR) is 130 cm³/mol. The SMILES string of the molecule is Cc1cc(CC(C)C[SiH](O[SiH](C)C)O[SiH](C)C)c(O)c(-n2nc3ccccc3n2)c1. The predicted octanol–water partition coefficient (Wildman–Crippen LogP) is 3.83. The lowest BCUT2D eigenvalue weighted by Crippen LogP contribution is -2.34. The third-order valence-electron chi connectivity index (χ3n) is 4.83. The highest BCUT2D eigenvalue weighted by Crippen LogP contribution is 2.31. The fourth-order valence-corrected chi connectivity index (χ4v) is 11.1. The van der Waals surface area contributed by atoms with Crippen LogP contribution < -0.4 is 0 Å². The second-order valence-electron chi connectivity index (χ2n) is 8.61. The van der Waals surface area contributed by atoms with E-state index in [1.54, 1.807) is 4.80 Å². The molecule has 9 heteroatoms. The summed E-state index contributed by atoms with van der Waals surface area (Å²) in [4.78, 5) is 1.54. The molecule has 3 aromatic rings. The topological polar surface area (TPSA) is 69.4 Å². The summed E-state index contributed by atoms with van der Waals surface area (Å²) in [5, 5.41) is 20.1. The van der Waals surface area contributed by atoms with Crippen molar-refractivity contribution in [2.45, 2.75) is 52.5 Å². The molecule has 2 aromatic carbocycles. The van der Waals surface area contributed by atoms with Crippen LogP contribution in [0.4, 0.5) is 0 Å². The summed E-state index contributed by atoms with van der Waals surface area (Å²) in [6.45, 7) is 13.1. The molecule has 3 rings (SSSR count). The first-order valence-corrected chi connectivity index (χ1v) is 18.0. The summed E-state index contributed by atoms with van der Waals surface area (Å²) in [5.41, 5.74) is 4.25. The van der Waals surface area contributed by atoms with Gasteiger partial charge in [0.2, 0.25) is 0 Å². The molecule has 1 N–H and O–H groups in total. The molecule has 0 amide bonds. The van der Waals surface area contributed by atoms with Crippen LogP contribution in [0.2, 0.25) is 32.2 Å². The number of aromatic nitrogens is 3. The van der Waals surface area contributed by atoms with Crippen LogP contribution in [0.3, 0.4) is 0 Å². The zero-order chi connectivity index (χ0) is 21.8. The van der Waals surface area contributed by atoms with Gasteiger partial charge in [-0.05, 0) is 80.8 Å². The standard InChI is InChI=1S/C21H33N3O3Si3/c1-15-11-17(12-16(2)14-30(26-28(3)4)27-29(5)6)21(25)20(13-15)24-22-18-9-7-8-10-19(18)23-24/h7-11,13,16,25,28-30H,12,14H2,1-6H3. The van der Waals surface area contributed by atoms with Crippen LogP contribution in [0, 0.1) is 12.8 Å². The molecule has 1 heterocycles. The van der Waals surface area contributed by atoms with Gasteiger partial charge in [0.15, 0.2) is 18.1 Å². The Bertz CT molecular complexity index is 951. The van der Waals surface area contributed by atoms with Crippen molar-refractivity contribution in [3.63, 3.8) is 0 Å². The van der Waals surface area contributed by atoms with Gasteiger partial charge in [-0.2, -0.15) is 0 Å². The summed E-state index contributed by atoms with van der Waals surface area (Å²) in [5.74, 6) is 0.622. The maximum atomic E-state index is 11.0. The van der Waals surface area contributed by atoms with Gasteiger partial charge in [-0.15, -0.1) is 15.0 Å². The molecule has 0 fully saturated rings. The lowest BCUT2D eigenvalue weighted by Gasteiger charge is -2.24. The summed E-state index contributed by atoms with van der Waals surface area (Å²) in [6.07, 6.45) is 0.775. The Labute approximate surface area is 184 Å². The second kappa shape index (κ2) is 10.0.